The van der Waals surface area contributed by atoms with Gasteiger partial charge in [0.15, 0.2) is 0 Å². The molecule has 0 aliphatic rings. The van der Waals surface area contributed by atoms with E-state index in [9.17, 15) is 14.9 Å². The molecule has 0 spiro atoms. The molecule has 0 atom stereocenters. The van der Waals surface area contributed by atoms with Crippen molar-refractivity contribution >= 4 is 45.1 Å². The van der Waals surface area contributed by atoms with Crippen LogP contribution in [0.1, 0.15) is 20.9 Å². The van der Waals surface area contributed by atoms with Gasteiger partial charge in [-0.3, -0.25) is 19.6 Å². The first kappa shape index (κ1) is 18.0. The second-order valence-electron chi connectivity index (χ2n) is 5.16. The lowest BCUT2D eigenvalue weighted by atomic mass is 10.2. The molecule has 1 N–H and O–H groups in total. The number of hydrogen-bond acceptors (Lipinski definition) is 6. The molecule has 0 fully saturated rings. The van der Waals surface area contributed by atoms with Gasteiger partial charge in [0.05, 0.1) is 17.7 Å². The summed E-state index contributed by atoms with van der Waals surface area (Å²) in [6, 6.07) is 11.1. The van der Waals surface area contributed by atoms with Crippen LogP contribution in [0.2, 0.25) is 0 Å². The molecule has 132 valence electrons. The Morgan fingerprint density at radius 1 is 1.42 bits per heavy atom. The number of nitrogens with one attached hydrogen (secondary N) is 1. The van der Waals surface area contributed by atoms with Crippen LogP contribution in [0.5, 0.6) is 0 Å². The molecule has 0 aliphatic heterocycles. The average Bonchev–Trinajstić information content (AvgIpc) is 3.24. The zero-order valence-corrected chi connectivity index (χ0v) is 15.6. The molecule has 8 nitrogen and oxygen atoms in total. The minimum atomic E-state index is -0.738. The molecule has 0 radical (unpaired) electrons. The summed E-state index contributed by atoms with van der Waals surface area (Å²) >= 11 is 4.82. The molecule has 0 aliphatic carbocycles. The van der Waals surface area contributed by atoms with Crippen LogP contribution in [-0.4, -0.2) is 26.8 Å². The van der Waals surface area contributed by atoms with Gasteiger partial charge < -0.3 is 0 Å². The molecular formula is C16H12BrN5O3S. The van der Waals surface area contributed by atoms with Gasteiger partial charge in [-0.15, -0.1) is 11.3 Å². The summed E-state index contributed by atoms with van der Waals surface area (Å²) in [6.45, 7) is 0.298. The highest BCUT2D eigenvalue weighted by molar-refractivity contribution is 9.10. The molecule has 3 rings (SSSR count). The van der Waals surface area contributed by atoms with Gasteiger partial charge in [0.2, 0.25) is 5.69 Å². The van der Waals surface area contributed by atoms with Crippen molar-refractivity contribution in [3.05, 3.63) is 78.7 Å². The fourth-order valence-corrected chi connectivity index (χ4v) is 3.21. The number of carbonyl (C=O) groups excluding carboxylic acids is 1. The van der Waals surface area contributed by atoms with Crippen molar-refractivity contribution in [3.8, 4) is 0 Å². The van der Waals surface area contributed by atoms with Gasteiger partial charge in [-0.1, -0.05) is 34.1 Å². The number of thiophene rings is 1. The Morgan fingerprint density at radius 3 is 2.96 bits per heavy atom. The lowest BCUT2D eigenvalue weighted by Gasteiger charge is -2.01. The molecule has 0 bridgehead atoms. The maximum absolute atomic E-state index is 12.2. The average molecular weight is 434 g/mol. The largest absolute Gasteiger partial charge is 0.320 e. The number of rotatable bonds is 6. The summed E-state index contributed by atoms with van der Waals surface area (Å²) in [6.07, 6.45) is 2.70. The standard InChI is InChI=1S/C16H12BrN5O3S/c17-12-4-1-3-11(7-12)9-21-10-14(22(24)25)15(20-21)16(23)19-18-8-13-5-2-6-26-13/h1-8,10H,9H2,(H,19,23). The highest BCUT2D eigenvalue weighted by atomic mass is 79.9. The smallest absolute Gasteiger partial charge is 0.265 e. The van der Waals surface area contributed by atoms with Gasteiger partial charge in [-0.05, 0) is 29.1 Å². The predicted molar refractivity (Wildman–Crippen MR) is 102 cm³/mol. The summed E-state index contributed by atoms with van der Waals surface area (Å²) in [5.74, 6) is -0.738. The summed E-state index contributed by atoms with van der Waals surface area (Å²) in [5, 5.41) is 21.0. The van der Waals surface area contributed by atoms with Gasteiger partial charge in [0.25, 0.3) is 5.91 Å². The normalized spacial score (nSPS) is 11.0. The second-order valence-corrected chi connectivity index (χ2v) is 7.06. The van der Waals surface area contributed by atoms with Crippen LogP contribution in [0.15, 0.2) is 57.5 Å². The monoisotopic (exact) mass is 433 g/mol. The number of amides is 1. The lowest BCUT2D eigenvalue weighted by molar-refractivity contribution is -0.385. The molecule has 0 saturated carbocycles. The summed E-state index contributed by atoms with van der Waals surface area (Å²) in [7, 11) is 0. The number of nitro groups is 1. The quantitative estimate of drug-likeness (QED) is 0.365. The number of carbonyl (C=O) groups is 1. The molecule has 0 saturated heterocycles. The van der Waals surface area contributed by atoms with Gasteiger partial charge in [0, 0.05) is 9.35 Å². The first-order valence-electron chi connectivity index (χ1n) is 7.36. The number of hydrazone groups is 1. The van der Waals surface area contributed by atoms with Crippen LogP contribution < -0.4 is 5.43 Å². The van der Waals surface area contributed by atoms with Crippen LogP contribution in [0, 0.1) is 10.1 Å². The molecule has 1 amide bonds. The van der Waals surface area contributed by atoms with Gasteiger partial charge in [-0.25, -0.2) is 5.43 Å². The minimum Gasteiger partial charge on any atom is -0.265 e. The van der Waals surface area contributed by atoms with Crippen LogP contribution in [0.3, 0.4) is 0 Å². The molecule has 26 heavy (non-hydrogen) atoms. The fraction of sp³-hybridized carbons (Fsp3) is 0.0625. The maximum Gasteiger partial charge on any atom is 0.320 e. The Kier molecular flexibility index (Phi) is 5.54. The van der Waals surface area contributed by atoms with E-state index < -0.39 is 10.8 Å². The third kappa shape index (κ3) is 4.41. The summed E-state index contributed by atoms with van der Waals surface area (Å²) in [4.78, 5) is 23.7. The van der Waals surface area contributed by atoms with E-state index in [1.54, 1.807) is 0 Å². The minimum absolute atomic E-state index is 0.284. The van der Waals surface area contributed by atoms with Gasteiger partial charge in [-0.2, -0.15) is 10.2 Å². The van der Waals surface area contributed by atoms with Crippen LogP contribution in [0.4, 0.5) is 5.69 Å². The van der Waals surface area contributed by atoms with Crippen LogP contribution in [0.25, 0.3) is 0 Å². The van der Waals surface area contributed by atoms with Crippen molar-refractivity contribution in [3.63, 3.8) is 0 Å². The number of nitrogens with zero attached hydrogens (tertiary/aromatic N) is 4. The maximum atomic E-state index is 12.2. The predicted octanol–water partition coefficient (Wildman–Crippen LogP) is 3.43. The Morgan fingerprint density at radius 2 is 2.27 bits per heavy atom. The molecule has 2 heterocycles. The number of halogens is 1. The lowest BCUT2D eigenvalue weighted by Crippen LogP contribution is -2.19. The van der Waals surface area contributed by atoms with E-state index in [1.807, 2.05) is 41.8 Å². The third-order valence-electron chi connectivity index (χ3n) is 3.29. The van der Waals surface area contributed by atoms with Crippen molar-refractivity contribution in [2.45, 2.75) is 6.54 Å². The van der Waals surface area contributed by atoms with Crippen molar-refractivity contribution in [1.82, 2.24) is 15.2 Å². The Hall–Kier alpha value is -2.85. The van der Waals surface area contributed by atoms with Crippen molar-refractivity contribution in [1.29, 1.82) is 0 Å². The zero-order valence-electron chi connectivity index (χ0n) is 13.2. The SMILES string of the molecule is O=C(NN=Cc1cccs1)c1nn(Cc2cccc(Br)c2)cc1[N+](=O)[O-]. The molecule has 3 aromatic rings. The van der Waals surface area contributed by atoms with E-state index >= 15 is 0 Å². The van der Waals surface area contributed by atoms with Crippen LogP contribution >= 0.6 is 27.3 Å². The Labute approximate surface area is 160 Å². The number of benzene rings is 1. The van der Waals surface area contributed by atoms with Crippen molar-refractivity contribution < 1.29 is 9.72 Å². The van der Waals surface area contributed by atoms with Gasteiger partial charge >= 0.3 is 5.69 Å². The molecular weight excluding hydrogens is 422 g/mol. The zero-order chi connectivity index (χ0) is 18.5. The van der Waals surface area contributed by atoms with E-state index in [-0.39, 0.29) is 11.4 Å². The van der Waals surface area contributed by atoms with E-state index in [4.69, 9.17) is 0 Å². The highest BCUT2D eigenvalue weighted by Gasteiger charge is 2.25. The summed E-state index contributed by atoms with van der Waals surface area (Å²) in [5.41, 5.74) is 2.50. The Balaban J connectivity index is 1.78. The first-order chi connectivity index (χ1) is 12.5. The van der Waals surface area contributed by atoms with Crippen LogP contribution in [-0.2, 0) is 6.54 Å². The summed E-state index contributed by atoms with van der Waals surface area (Å²) < 4.78 is 2.25. The molecule has 2 aromatic heterocycles. The number of aromatic nitrogens is 2. The van der Waals surface area contributed by atoms with E-state index in [0.29, 0.717) is 6.54 Å². The molecule has 0 unspecified atom stereocenters. The second kappa shape index (κ2) is 8.02. The highest BCUT2D eigenvalue weighted by Crippen LogP contribution is 2.19. The fourth-order valence-electron chi connectivity index (χ4n) is 2.18. The van der Waals surface area contributed by atoms with Gasteiger partial charge in [0.1, 0.15) is 6.20 Å². The molecule has 1 aromatic carbocycles. The first-order valence-corrected chi connectivity index (χ1v) is 9.03. The number of hydrogen-bond donors (Lipinski definition) is 1. The van der Waals surface area contributed by atoms with Crippen molar-refractivity contribution in [2.75, 3.05) is 0 Å². The topological polar surface area (TPSA) is 102 Å². The Bertz CT molecular complexity index is 968. The third-order valence-corrected chi connectivity index (χ3v) is 4.59. The van der Waals surface area contributed by atoms with E-state index in [0.717, 1.165) is 14.9 Å². The van der Waals surface area contributed by atoms with E-state index in [2.05, 4.69) is 31.6 Å². The van der Waals surface area contributed by atoms with E-state index in [1.165, 1.54) is 28.4 Å². The van der Waals surface area contributed by atoms with Crippen molar-refractivity contribution in [2.24, 2.45) is 5.10 Å². The molecule has 10 heteroatoms.